The van der Waals surface area contributed by atoms with Crippen LogP contribution >= 0.6 is 0 Å². The highest BCUT2D eigenvalue weighted by atomic mass is 16.5. The highest BCUT2D eigenvalue weighted by molar-refractivity contribution is 5.94. The van der Waals surface area contributed by atoms with Crippen LogP contribution in [0.25, 0.3) is 0 Å². The molecule has 1 amide bonds. The smallest absolute Gasteiger partial charge is 0.307 e. The Labute approximate surface area is 108 Å². The van der Waals surface area contributed by atoms with Gasteiger partial charge in [-0.05, 0) is 26.0 Å². The summed E-state index contributed by atoms with van der Waals surface area (Å²) in [5.41, 5.74) is 0.642. The number of hydrogen-bond donors (Lipinski definition) is 0. The van der Waals surface area contributed by atoms with Crippen molar-refractivity contribution < 1.29 is 14.3 Å². The molecule has 0 atom stereocenters. The second-order valence-corrected chi connectivity index (χ2v) is 3.81. The zero-order chi connectivity index (χ0) is 13.4. The standard InChI is InChI=1S/C14H19NO3/c1-3-15(11-10-13(16)18-4-2)14(17)12-8-6-5-7-9-12/h5-9H,3-4,10-11H2,1-2H3. The summed E-state index contributed by atoms with van der Waals surface area (Å²) in [5, 5.41) is 0. The lowest BCUT2D eigenvalue weighted by molar-refractivity contribution is -0.143. The molecule has 98 valence electrons. The van der Waals surface area contributed by atoms with E-state index >= 15 is 0 Å². The van der Waals surface area contributed by atoms with Crippen LogP contribution in [0, 0.1) is 0 Å². The first kappa shape index (κ1) is 14.2. The fourth-order valence-electron chi connectivity index (χ4n) is 1.63. The fraction of sp³-hybridized carbons (Fsp3) is 0.429. The topological polar surface area (TPSA) is 46.6 Å². The molecule has 0 bridgehead atoms. The minimum Gasteiger partial charge on any atom is -0.466 e. The molecule has 4 nitrogen and oxygen atoms in total. The predicted molar refractivity (Wildman–Crippen MR) is 69.3 cm³/mol. The summed E-state index contributed by atoms with van der Waals surface area (Å²) in [6.07, 6.45) is 0.236. The SMILES string of the molecule is CCOC(=O)CCN(CC)C(=O)c1ccccc1. The molecular weight excluding hydrogens is 230 g/mol. The van der Waals surface area contributed by atoms with Crippen molar-refractivity contribution in [1.29, 1.82) is 0 Å². The van der Waals surface area contributed by atoms with Gasteiger partial charge in [-0.15, -0.1) is 0 Å². The Kier molecular flexibility index (Phi) is 5.91. The summed E-state index contributed by atoms with van der Waals surface area (Å²) in [4.78, 5) is 25.0. The van der Waals surface area contributed by atoms with Crippen LogP contribution in [0.4, 0.5) is 0 Å². The van der Waals surface area contributed by atoms with Crippen LogP contribution in [0.3, 0.4) is 0 Å². The molecule has 1 rings (SSSR count). The summed E-state index contributed by atoms with van der Waals surface area (Å²) in [7, 11) is 0. The number of amides is 1. The highest BCUT2D eigenvalue weighted by Crippen LogP contribution is 2.05. The molecule has 0 radical (unpaired) electrons. The number of rotatable bonds is 6. The average Bonchev–Trinajstić information content (AvgIpc) is 2.40. The summed E-state index contributed by atoms with van der Waals surface area (Å²) in [6, 6.07) is 9.06. The molecule has 0 aromatic heterocycles. The normalized spacial score (nSPS) is 9.89. The molecule has 4 heteroatoms. The Morgan fingerprint density at radius 2 is 1.83 bits per heavy atom. The Hall–Kier alpha value is -1.84. The molecule has 18 heavy (non-hydrogen) atoms. The molecule has 0 saturated heterocycles. The third kappa shape index (κ3) is 4.20. The van der Waals surface area contributed by atoms with Gasteiger partial charge in [-0.25, -0.2) is 0 Å². The molecule has 0 unspecified atom stereocenters. The van der Waals surface area contributed by atoms with Crippen LogP contribution < -0.4 is 0 Å². The van der Waals surface area contributed by atoms with Crippen molar-refractivity contribution >= 4 is 11.9 Å². The van der Waals surface area contributed by atoms with Crippen LogP contribution in [0.5, 0.6) is 0 Å². The average molecular weight is 249 g/mol. The van der Waals surface area contributed by atoms with Gasteiger partial charge in [0.2, 0.25) is 0 Å². The van der Waals surface area contributed by atoms with Crippen molar-refractivity contribution in [3.05, 3.63) is 35.9 Å². The highest BCUT2D eigenvalue weighted by Gasteiger charge is 2.15. The van der Waals surface area contributed by atoms with Crippen LogP contribution in [0.2, 0.25) is 0 Å². The second kappa shape index (κ2) is 7.48. The molecule has 0 N–H and O–H groups in total. The van der Waals surface area contributed by atoms with E-state index in [0.717, 1.165) is 0 Å². The maximum absolute atomic E-state index is 12.1. The molecule has 0 aliphatic rings. The van der Waals surface area contributed by atoms with Crippen molar-refractivity contribution in [1.82, 2.24) is 4.90 Å². The summed E-state index contributed by atoms with van der Waals surface area (Å²) >= 11 is 0. The maximum Gasteiger partial charge on any atom is 0.307 e. The minimum atomic E-state index is -0.267. The van der Waals surface area contributed by atoms with Gasteiger partial charge in [-0.3, -0.25) is 9.59 Å². The van der Waals surface area contributed by atoms with Gasteiger partial charge in [0.25, 0.3) is 5.91 Å². The molecule has 1 aromatic rings. The van der Waals surface area contributed by atoms with Crippen molar-refractivity contribution in [2.75, 3.05) is 19.7 Å². The third-order valence-electron chi connectivity index (χ3n) is 2.58. The zero-order valence-corrected chi connectivity index (χ0v) is 10.9. The van der Waals surface area contributed by atoms with Crippen molar-refractivity contribution in [3.8, 4) is 0 Å². The Morgan fingerprint density at radius 3 is 2.39 bits per heavy atom. The van der Waals surface area contributed by atoms with Crippen molar-refractivity contribution in [2.24, 2.45) is 0 Å². The number of carbonyl (C=O) groups excluding carboxylic acids is 2. The third-order valence-corrected chi connectivity index (χ3v) is 2.58. The summed E-state index contributed by atoms with van der Waals surface area (Å²) in [5.74, 6) is -0.320. The molecule has 0 spiro atoms. The maximum atomic E-state index is 12.1. The number of hydrogen-bond acceptors (Lipinski definition) is 3. The van der Waals surface area contributed by atoms with E-state index in [1.165, 1.54) is 0 Å². The van der Waals surface area contributed by atoms with Crippen LogP contribution in [-0.4, -0.2) is 36.5 Å². The fourth-order valence-corrected chi connectivity index (χ4v) is 1.63. The molecule has 0 heterocycles. The first-order valence-electron chi connectivity index (χ1n) is 6.19. The Morgan fingerprint density at radius 1 is 1.17 bits per heavy atom. The van der Waals surface area contributed by atoms with E-state index in [4.69, 9.17) is 4.74 Å². The Bertz CT molecular complexity index is 389. The van der Waals surface area contributed by atoms with Gasteiger partial charge >= 0.3 is 5.97 Å². The quantitative estimate of drug-likeness (QED) is 0.725. The minimum absolute atomic E-state index is 0.0533. The molecule has 0 saturated carbocycles. The first-order valence-corrected chi connectivity index (χ1v) is 6.19. The van der Waals surface area contributed by atoms with Gasteiger partial charge < -0.3 is 9.64 Å². The van der Waals surface area contributed by atoms with E-state index in [2.05, 4.69) is 0 Å². The Balaban J connectivity index is 2.56. The van der Waals surface area contributed by atoms with Gasteiger partial charge in [0.05, 0.1) is 13.0 Å². The van der Waals surface area contributed by atoms with E-state index in [-0.39, 0.29) is 18.3 Å². The summed E-state index contributed by atoms with van der Waals surface area (Å²) < 4.78 is 4.85. The number of esters is 1. The molecule has 0 fully saturated rings. The monoisotopic (exact) mass is 249 g/mol. The van der Waals surface area contributed by atoms with Gasteiger partial charge in [0.15, 0.2) is 0 Å². The number of ether oxygens (including phenoxy) is 1. The van der Waals surface area contributed by atoms with Crippen molar-refractivity contribution in [3.63, 3.8) is 0 Å². The van der Waals surface area contributed by atoms with E-state index in [9.17, 15) is 9.59 Å². The van der Waals surface area contributed by atoms with Gasteiger partial charge in [-0.2, -0.15) is 0 Å². The van der Waals surface area contributed by atoms with Gasteiger partial charge in [0, 0.05) is 18.7 Å². The summed E-state index contributed by atoms with van der Waals surface area (Å²) in [6.45, 7) is 5.00. The zero-order valence-electron chi connectivity index (χ0n) is 10.9. The van der Waals surface area contributed by atoms with Crippen LogP contribution in [-0.2, 0) is 9.53 Å². The van der Waals surface area contributed by atoms with Gasteiger partial charge in [0.1, 0.15) is 0 Å². The molecular formula is C14H19NO3. The lowest BCUT2D eigenvalue weighted by atomic mass is 10.2. The number of carbonyl (C=O) groups is 2. The van der Waals surface area contributed by atoms with E-state index in [1.54, 1.807) is 24.0 Å². The predicted octanol–water partition coefficient (Wildman–Crippen LogP) is 2.10. The first-order chi connectivity index (χ1) is 8.69. The van der Waals surface area contributed by atoms with E-state index < -0.39 is 0 Å². The van der Waals surface area contributed by atoms with Crippen LogP contribution in [0.15, 0.2) is 30.3 Å². The largest absolute Gasteiger partial charge is 0.466 e. The van der Waals surface area contributed by atoms with E-state index in [1.807, 2.05) is 25.1 Å². The lowest BCUT2D eigenvalue weighted by Crippen LogP contribution is -2.33. The van der Waals surface area contributed by atoms with Crippen LogP contribution in [0.1, 0.15) is 30.6 Å². The lowest BCUT2D eigenvalue weighted by Gasteiger charge is -2.20. The number of benzene rings is 1. The second-order valence-electron chi connectivity index (χ2n) is 3.81. The van der Waals surface area contributed by atoms with Crippen molar-refractivity contribution in [2.45, 2.75) is 20.3 Å². The van der Waals surface area contributed by atoms with Gasteiger partial charge in [-0.1, -0.05) is 18.2 Å². The molecule has 0 aliphatic carbocycles. The number of nitrogens with zero attached hydrogens (tertiary/aromatic N) is 1. The molecule has 1 aromatic carbocycles. The van der Waals surface area contributed by atoms with E-state index in [0.29, 0.717) is 25.3 Å². The molecule has 0 aliphatic heterocycles.